The van der Waals surface area contributed by atoms with Crippen LogP contribution in [0.15, 0.2) is 12.4 Å². The fourth-order valence-corrected chi connectivity index (χ4v) is 4.43. The summed E-state index contributed by atoms with van der Waals surface area (Å²) >= 11 is 0. The lowest BCUT2D eigenvalue weighted by Gasteiger charge is -2.41. The lowest BCUT2D eigenvalue weighted by molar-refractivity contribution is 0.180. The van der Waals surface area contributed by atoms with Gasteiger partial charge in [-0.3, -0.25) is 9.58 Å². The quantitative estimate of drug-likeness (QED) is 0.845. The molecule has 2 aromatic rings. The molecule has 2 fully saturated rings. The van der Waals surface area contributed by atoms with E-state index in [0.717, 1.165) is 44.8 Å². The van der Waals surface area contributed by atoms with Crippen LogP contribution in [-0.4, -0.2) is 50.3 Å². The van der Waals surface area contributed by atoms with Crippen LogP contribution < -0.4 is 4.90 Å². The number of fused-ring (bicyclic) bond motifs is 1. The van der Waals surface area contributed by atoms with E-state index in [4.69, 9.17) is 9.97 Å². The third-order valence-electron chi connectivity index (χ3n) is 6.08. The molecule has 6 heteroatoms. The van der Waals surface area contributed by atoms with Crippen LogP contribution in [0.3, 0.4) is 0 Å². The average Bonchev–Trinajstić information content (AvgIpc) is 3.24. The second-order valence-electron chi connectivity index (χ2n) is 8.25. The summed E-state index contributed by atoms with van der Waals surface area (Å²) in [5.41, 5.74) is 4.07. The average molecular weight is 352 g/mol. The lowest BCUT2D eigenvalue weighted by atomic mass is 10.1. The normalized spacial score (nSPS) is 23.5. The number of nitrogens with zero attached hydrogens (tertiary/aromatic N) is 6. The number of anilines is 1. The molecule has 2 aliphatic carbocycles. The van der Waals surface area contributed by atoms with E-state index in [1.165, 1.54) is 41.9 Å². The third kappa shape index (κ3) is 3.00. The summed E-state index contributed by atoms with van der Waals surface area (Å²) < 4.78 is 1.89. The van der Waals surface area contributed by atoms with Gasteiger partial charge in [-0.05, 0) is 39.0 Å². The highest BCUT2D eigenvalue weighted by Crippen LogP contribution is 2.40. The summed E-state index contributed by atoms with van der Waals surface area (Å²) in [4.78, 5) is 15.1. The Hall–Kier alpha value is -1.95. The van der Waals surface area contributed by atoms with Crippen molar-refractivity contribution in [3.8, 4) is 0 Å². The van der Waals surface area contributed by atoms with Gasteiger partial charge in [0.25, 0.3) is 0 Å². The van der Waals surface area contributed by atoms with Crippen molar-refractivity contribution in [3.05, 3.63) is 35.0 Å². The van der Waals surface area contributed by atoms with E-state index >= 15 is 0 Å². The Labute approximate surface area is 155 Å². The predicted octanol–water partition coefficient (Wildman–Crippen LogP) is 2.29. The van der Waals surface area contributed by atoms with E-state index in [2.05, 4.69) is 28.0 Å². The first-order valence-corrected chi connectivity index (χ1v) is 10.0. The largest absolute Gasteiger partial charge is 0.353 e. The summed E-state index contributed by atoms with van der Waals surface area (Å²) in [6.07, 6.45) is 10.2. The third-order valence-corrected chi connectivity index (χ3v) is 6.08. The zero-order valence-corrected chi connectivity index (χ0v) is 15.9. The fraction of sp³-hybridized carbons (Fsp3) is 0.650. The van der Waals surface area contributed by atoms with Gasteiger partial charge in [0.2, 0.25) is 0 Å². The number of hydrogen-bond donors (Lipinski definition) is 0. The van der Waals surface area contributed by atoms with Crippen LogP contribution >= 0.6 is 0 Å². The molecular formula is C20H28N6. The first-order chi connectivity index (χ1) is 12.7. The summed E-state index contributed by atoms with van der Waals surface area (Å²) in [5.74, 6) is 3.00. The molecule has 2 aromatic heterocycles. The molecule has 1 unspecified atom stereocenters. The van der Waals surface area contributed by atoms with Crippen LogP contribution in [0.25, 0.3) is 0 Å². The predicted molar refractivity (Wildman–Crippen MR) is 101 cm³/mol. The SMILES string of the molecule is CC1CN(c2nc(C3CC3)nc3c2CCC3)CCN1Cc1cnn(C)c1. The highest BCUT2D eigenvalue weighted by atomic mass is 15.3. The number of aromatic nitrogens is 4. The van der Waals surface area contributed by atoms with Gasteiger partial charge in [0.15, 0.2) is 0 Å². The van der Waals surface area contributed by atoms with E-state index in [1.54, 1.807) is 0 Å². The van der Waals surface area contributed by atoms with Crippen molar-refractivity contribution >= 4 is 5.82 Å². The summed E-state index contributed by atoms with van der Waals surface area (Å²) in [6.45, 7) is 6.50. The maximum Gasteiger partial charge on any atom is 0.135 e. The molecule has 26 heavy (non-hydrogen) atoms. The summed E-state index contributed by atoms with van der Waals surface area (Å²) in [7, 11) is 1.98. The van der Waals surface area contributed by atoms with Crippen molar-refractivity contribution < 1.29 is 0 Å². The van der Waals surface area contributed by atoms with Crippen LogP contribution in [0.5, 0.6) is 0 Å². The molecule has 0 N–H and O–H groups in total. The van der Waals surface area contributed by atoms with Crippen molar-refractivity contribution in [2.75, 3.05) is 24.5 Å². The van der Waals surface area contributed by atoms with Gasteiger partial charge in [-0.25, -0.2) is 9.97 Å². The molecule has 5 rings (SSSR count). The van der Waals surface area contributed by atoms with Crippen LogP contribution in [0.1, 0.15) is 54.7 Å². The lowest BCUT2D eigenvalue weighted by Crippen LogP contribution is -2.52. The molecule has 0 radical (unpaired) electrons. The number of aryl methyl sites for hydroxylation is 2. The van der Waals surface area contributed by atoms with Crippen molar-refractivity contribution in [2.45, 2.75) is 57.5 Å². The second kappa shape index (κ2) is 6.34. The fourth-order valence-electron chi connectivity index (χ4n) is 4.43. The number of hydrogen-bond acceptors (Lipinski definition) is 5. The summed E-state index contributed by atoms with van der Waals surface area (Å²) in [5, 5.41) is 4.30. The minimum Gasteiger partial charge on any atom is -0.353 e. The van der Waals surface area contributed by atoms with Crippen LogP contribution in [-0.2, 0) is 26.4 Å². The second-order valence-corrected chi connectivity index (χ2v) is 8.25. The van der Waals surface area contributed by atoms with E-state index in [9.17, 15) is 0 Å². The van der Waals surface area contributed by atoms with E-state index in [0.29, 0.717) is 12.0 Å². The Morgan fingerprint density at radius 1 is 1.15 bits per heavy atom. The van der Waals surface area contributed by atoms with E-state index in [1.807, 2.05) is 17.9 Å². The molecule has 0 amide bonds. The molecule has 0 aromatic carbocycles. The smallest absolute Gasteiger partial charge is 0.135 e. The maximum absolute atomic E-state index is 5.06. The topological polar surface area (TPSA) is 50.1 Å². The molecule has 3 heterocycles. The first-order valence-electron chi connectivity index (χ1n) is 10.0. The van der Waals surface area contributed by atoms with Gasteiger partial charge < -0.3 is 4.90 Å². The Morgan fingerprint density at radius 3 is 2.77 bits per heavy atom. The molecule has 0 bridgehead atoms. The van der Waals surface area contributed by atoms with Gasteiger partial charge in [-0.1, -0.05) is 0 Å². The Morgan fingerprint density at radius 2 is 2.04 bits per heavy atom. The Bertz CT molecular complexity index is 809. The minimum absolute atomic E-state index is 0.514. The zero-order valence-electron chi connectivity index (χ0n) is 15.9. The molecule has 6 nitrogen and oxygen atoms in total. The standard InChI is InChI=1S/C20H28N6/c1-14-11-26(9-8-25(14)13-15-10-21-24(2)12-15)20-17-4-3-5-18(17)22-19(23-20)16-6-7-16/h10,12,14,16H,3-9,11,13H2,1-2H3. The van der Waals surface area contributed by atoms with Gasteiger partial charge in [0.1, 0.15) is 11.6 Å². The van der Waals surface area contributed by atoms with Crippen LogP contribution in [0.4, 0.5) is 5.82 Å². The molecule has 1 saturated carbocycles. The first kappa shape index (κ1) is 16.2. The molecule has 1 aliphatic heterocycles. The summed E-state index contributed by atoms with van der Waals surface area (Å²) in [6, 6.07) is 0.514. The van der Waals surface area contributed by atoms with Gasteiger partial charge in [0.05, 0.1) is 6.20 Å². The molecule has 0 spiro atoms. The monoisotopic (exact) mass is 352 g/mol. The Kier molecular flexibility index (Phi) is 3.96. The molecule has 1 saturated heterocycles. The molecule has 1 atom stereocenters. The van der Waals surface area contributed by atoms with Crippen LogP contribution in [0, 0.1) is 0 Å². The minimum atomic E-state index is 0.514. The van der Waals surface area contributed by atoms with Gasteiger partial charge in [0, 0.05) is 68.2 Å². The van der Waals surface area contributed by atoms with E-state index < -0.39 is 0 Å². The highest BCUT2D eigenvalue weighted by molar-refractivity contribution is 5.52. The van der Waals surface area contributed by atoms with Crippen LogP contribution in [0.2, 0.25) is 0 Å². The number of piperazine rings is 1. The van der Waals surface area contributed by atoms with E-state index in [-0.39, 0.29) is 0 Å². The van der Waals surface area contributed by atoms with Crippen molar-refractivity contribution in [3.63, 3.8) is 0 Å². The zero-order chi connectivity index (χ0) is 17.7. The van der Waals surface area contributed by atoms with Gasteiger partial charge in [-0.15, -0.1) is 0 Å². The highest BCUT2D eigenvalue weighted by Gasteiger charge is 2.32. The molecular weight excluding hydrogens is 324 g/mol. The number of rotatable bonds is 4. The Balaban J connectivity index is 1.34. The molecule has 3 aliphatic rings. The van der Waals surface area contributed by atoms with Gasteiger partial charge in [-0.2, -0.15) is 5.10 Å². The maximum atomic E-state index is 5.06. The van der Waals surface area contributed by atoms with Crippen molar-refractivity contribution in [1.29, 1.82) is 0 Å². The van der Waals surface area contributed by atoms with Crippen molar-refractivity contribution in [2.24, 2.45) is 7.05 Å². The molecule has 138 valence electrons. The van der Waals surface area contributed by atoms with Crippen molar-refractivity contribution in [1.82, 2.24) is 24.6 Å². The van der Waals surface area contributed by atoms with Gasteiger partial charge >= 0.3 is 0 Å².